The number of alkyl halides is 3. The molecule has 106 valence electrons. The van der Waals surface area contributed by atoms with Crippen molar-refractivity contribution in [1.82, 2.24) is 10.2 Å². The molecule has 0 bridgehead atoms. The highest BCUT2D eigenvalue weighted by Crippen LogP contribution is 2.16. The minimum Gasteiger partial charge on any atom is -0.480 e. The molecule has 0 aromatic heterocycles. The first kappa shape index (κ1) is 16.5. The average Bonchev–Trinajstić information content (AvgIpc) is 2.21. The molecule has 0 aliphatic heterocycles. The minimum absolute atomic E-state index is 0.370. The quantitative estimate of drug-likeness (QED) is 0.798. The lowest BCUT2D eigenvalue weighted by atomic mass is 9.99. The fourth-order valence-electron chi connectivity index (χ4n) is 1.27. The molecule has 0 unspecified atom stereocenters. The zero-order valence-corrected chi connectivity index (χ0v) is 10.4. The van der Waals surface area contributed by atoms with Gasteiger partial charge in [-0.15, -0.1) is 0 Å². The number of carboxylic acids is 1. The lowest BCUT2D eigenvalue weighted by Crippen LogP contribution is -2.51. The van der Waals surface area contributed by atoms with E-state index in [0.29, 0.717) is 11.3 Å². The minimum atomic E-state index is -4.51. The van der Waals surface area contributed by atoms with Gasteiger partial charge in [-0.25, -0.2) is 9.59 Å². The normalized spacial score (nSPS) is 14.8. The van der Waals surface area contributed by atoms with E-state index in [1.807, 2.05) is 0 Å². The highest BCUT2D eigenvalue weighted by Gasteiger charge is 2.33. The molecule has 0 aliphatic rings. The van der Waals surface area contributed by atoms with E-state index in [1.165, 1.54) is 0 Å². The Labute approximate surface area is 103 Å². The van der Waals surface area contributed by atoms with Crippen molar-refractivity contribution in [3.63, 3.8) is 0 Å². The van der Waals surface area contributed by atoms with E-state index in [4.69, 9.17) is 5.11 Å². The maximum atomic E-state index is 12.0. The predicted molar refractivity (Wildman–Crippen MR) is 58.1 cm³/mol. The topological polar surface area (TPSA) is 69.6 Å². The summed E-state index contributed by atoms with van der Waals surface area (Å²) in [5.74, 6) is -1.64. The van der Waals surface area contributed by atoms with Crippen molar-refractivity contribution in [1.29, 1.82) is 0 Å². The van der Waals surface area contributed by atoms with Crippen LogP contribution in [-0.4, -0.2) is 47.8 Å². The van der Waals surface area contributed by atoms with Crippen molar-refractivity contribution >= 4 is 12.0 Å². The molecule has 0 fully saturated rings. The number of amides is 2. The van der Waals surface area contributed by atoms with Gasteiger partial charge in [0.15, 0.2) is 0 Å². The summed E-state index contributed by atoms with van der Waals surface area (Å²) in [6.07, 6.45) is -4.03. The van der Waals surface area contributed by atoms with Crippen LogP contribution >= 0.6 is 0 Å². The van der Waals surface area contributed by atoms with Gasteiger partial charge in [-0.05, 0) is 5.92 Å². The molecule has 0 aromatic rings. The fourth-order valence-corrected chi connectivity index (χ4v) is 1.27. The monoisotopic (exact) mass is 270 g/mol. The van der Waals surface area contributed by atoms with Crippen LogP contribution in [0.25, 0.3) is 0 Å². The van der Waals surface area contributed by atoms with Gasteiger partial charge in [-0.3, -0.25) is 0 Å². The molecule has 2 N–H and O–H groups in total. The van der Waals surface area contributed by atoms with Crippen molar-refractivity contribution < 1.29 is 27.9 Å². The summed E-state index contributed by atoms with van der Waals surface area (Å²) in [5, 5.41) is 11.0. The second-order valence-corrected chi connectivity index (χ2v) is 4.12. The van der Waals surface area contributed by atoms with Crippen LogP contribution in [0, 0.1) is 5.92 Å². The SMILES string of the molecule is CC[C@H](C)[C@H](NC(=O)N(C)CC(F)(F)F)C(=O)O. The van der Waals surface area contributed by atoms with E-state index in [9.17, 15) is 22.8 Å². The Morgan fingerprint density at radius 3 is 2.22 bits per heavy atom. The van der Waals surface area contributed by atoms with Crippen LogP contribution in [-0.2, 0) is 4.79 Å². The largest absolute Gasteiger partial charge is 0.480 e. The zero-order valence-electron chi connectivity index (χ0n) is 10.4. The Balaban J connectivity index is 4.56. The van der Waals surface area contributed by atoms with Gasteiger partial charge in [0.25, 0.3) is 0 Å². The number of hydrogen-bond donors (Lipinski definition) is 2. The van der Waals surface area contributed by atoms with Crippen LogP contribution in [0.15, 0.2) is 0 Å². The van der Waals surface area contributed by atoms with E-state index in [-0.39, 0.29) is 5.92 Å². The van der Waals surface area contributed by atoms with Crippen LogP contribution in [0.3, 0.4) is 0 Å². The van der Waals surface area contributed by atoms with Crippen LogP contribution in [0.1, 0.15) is 20.3 Å². The van der Waals surface area contributed by atoms with Crippen molar-refractivity contribution in [2.75, 3.05) is 13.6 Å². The third kappa shape index (κ3) is 5.74. The summed E-state index contributed by atoms with van der Waals surface area (Å²) in [6.45, 7) is 1.90. The number of aliphatic carboxylic acids is 1. The van der Waals surface area contributed by atoms with Crippen LogP contribution in [0.2, 0.25) is 0 Å². The molecule has 8 heteroatoms. The third-order valence-corrected chi connectivity index (χ3v) is 2.52. The van der Waals surface area contributed by atoms with Crippen LogP contribution < -0.4 is 5.32 Å². The molecule has 0 aliphatic carbocycles. The molecule has 18 heavy (non-hydrogen) atoms. The van der Waals surface area contributed by atoms with Gasteiger partial charge >= 0.3 is 18.2 Å². The standard InChI is InChI=1S/C10H17F3N2O3/c1-4-6(2)7(8(16)17)14-9(18)15(3)5-10(11,12)13/h6-7H,4-5H2,1-3H3,(H,14,18)(H,16,17)/t6-,7-/m0/s1. The molecule has 0 aromatic carbocycles. The number of carbonyl (C=O) groups excluding carboxylic acids is 1. The number of nitrogens with one attached hydrogen (secondary N) is 1. The third-order valence-electron chi connectivity index (χ3n) is 2.52. The maximum absolute atomic E-state index is 12.0. The Morgan fingerprint density at radius 2 is 1.89 bits per heavy atom. The molecule has 0 saturated carbocycles. The van der Waals surface area contributed by atoms with Gasteiger partial charge in [0.05, 0.1) is 0 Å². The Bertz CT molecular complexity index is 307. The van der Waals surface area contributed by atoms with Crippen molar-refractivity contribution in [2.24, 2.45) is 5.92 Å². The molecule has 0 saturated heterocycles. The van der Waals surface area contributed by atoms with Crippen molar-refractivity contribution in [2.45, 2.75) is 32.5 Å². The van der Waals surface area contributed by atoms with Gasteiger partial charge in [0, 0.05) is 7.05 Å². The summed E-state index contributed by atoms with van der Waals surface area (Å²) >= 11 is 0. The second-order valence-electron chi connectivity index (χ2n) is 4.12. The molecule has 0 spiro atoms. The lowest BCUT2D eigenvalue weighted by molar-refractivity contribution is -0.141. The molecule has 5 nitrogen and oxygen atoms in total. The second kappa shape index (κ2) is 6.46. The van der Waals surface area contributed by atoms with E-state index in [1.54, 1.807) is 13.8 Å². The molecule has 2 amide bonds. The number of urea groups is 1. The zero-order chi connectivity index (χ0) is 14.5. The molecular formula is C10H17F3N2O3. The van der Waals surface area contributed by atoms with E-state index in [0.717, 1.165) is 7.05 Å². The van der Waals surface area contributed by atoms with Crippen molar-refractivity contribution in [3.8, 4) is 0 Å². The Morgan fingerprint density at radius 1 is 1.39 bits per heavy atom. The van der Waals surface area contributed by atoms with Crippen molar-refractivity contribution in [3.05, 3.63) is 0 Å². The van der Waals surface area contributed by atoms with E-state index in [2.05, 4.69) is 5.32 Å². The number of halogens is 3. The number of carbonyl (C=O) groups is 2. The highest BCUT2D eigenvalue weighted by atomic mass is 19.4. The first-order valence-corrected chi connectivity index (χ1v) is 5.39. The number of hydrogen-bond acceptors (Lipinski definition) is 2. The van der Waals surface area contributed by atoms with Gasteiger partial charge in [0.1, 0.15) is 12.6 Å². The predicted octanol–water partition coefficient (Wildman–Crippen LogP) is 1.69. The number of carboxylic acid groups (broad SMARTS) is 1. The molecular weight excluding hydrogens is 253 g/mol. The molecule has 0 rings (SSSR count). The number of rotatable bonds is 5. The van der Waals surface area contributed by atoms with E-state index >= 15 is 0 Å². The Kier molecular flexibility index (Phi) is 5.93. The summed E-state index contributed by atoms with van der Waals surface area (Å²) < 4.78 is 36.1. The average molecular weight is 270 g/mol. The summed E-state index contributed by atoms with van der Waals surface area (Å²) in [4.78, 5) is 22.7. The lowest BCUT2D eigenvalue weighted by Gasteiger charge is -2.25. The first-order valence-electron chi connectivity index (χ1n) is 5.39. The van der Waals surface area contributed by atoms with E-state index < -0.39 is 30.8 Å². The molecule has 2 atom stereocenters. The van der Waals surface area contributed by atoms with Gasteiger partial charge < -0.3 is 15.3 Å². The summed E-state index contributed by atoms with van der Waals surface area (Å²) in [5.41, 5.74) is 0. The van der Waals surface area contributed by atoms with Crippen LogP contribution in [0.4, 0.5) is 18.0 Å². The van der Waals surface area contributed by atoms with Crippen LogP contribution in [0.5, 0.6) is 0 Å². The smallest absolute Gasteiger partial charge is 0.406 e. The fraction of sp³-hybridized carbons (Fsp3) is 0.800. The highest BCUT2D eigenvalue weighted by molar-refractivity contribution is 5.82. The van der Waals surface area contributed by atoms with Gasteiger partial charge in [0.2, 0.25) is 0 Å². The molecule has 0 radical (unpaired) electrons. The Hall–Kier alpha value is -1.47. The summed E-state index contributed by atoms with van der Waals surface area (Å²) in [7, 11) is 0.957. The maximum Gasteiger partial charge on any atom is 0.406 e. The van der Waals surface area contributed by atoms with Gasteiger partial charge in [-0.1, -0.05) is 20.3 Å². The van der Waals surface area contributed by atoms with Gasteiger partial charge in [-0.2, -0.15) is 13.2 Å². The number of nitrogens with zero attached hydrogens (tertiary/aromatic N) is 1. The first-order chi connectivity index (χ1) is 8.08. The summed E-state index contributed by atoms with van der Waals surface area (Å²) in [6, 6.07) is -2.25. The molecule has 0 heterocycles.